The Labute approximate surface area is 118 Å². The second-order valence-corrected chi connectivity index (χ2v) is 6.15. The summed E-state index contributed by atoms with van der Waals surface area (Å²) in [7, 11) is 0. The van der Waals surface area contributed by atoms with Crippen LogP contribution in [0.1, 0.15) is 24.8 Å². The number of benzene rings is 1. The lowest BCUT2D eigenvalue weighted by atomic mass is 9.92. The molecule has 1 saturated heterocycles. The largest absolute Gasteiger partial charge is 0.352 e. The molecule has 3 nitrogen and oxygen atoms in total. The molecule has 2 aliphatic rings. The average Bonchev–Trinajstić information content (AvgIpc) is 3.10. The predicted molar refractivity (Wildman–Crippen MR) is 75.9 cm³/mol. The summed E-state index contributed by atoms with van der Waals surface area (Å²) < 4.78 is 0. The van der Waals surface area contributed by atoms with Gasteiger partial charge in [-0.3, -0.25) is 4.79 Å². The molecule has 1 aliphatic heterocycles. The molecule has 2 fully saturated rings. The van der Waals surface area contributed by atoms with Crippen LogP contribution >= 0.6 is 11.6 Å². The zero-order chi connectivity index (χ0) is 13.3. The van der Waals surface area contributed by atoms with Crippen LogP contribution in [0.3, 0.4) is 0 Å². The van der Waals surface area contributed by atoms with Gasteiger partial charge in [0.25, 0.3) is 0 Å². The lowest BCUT2D eigenvalue weighted by molar-refractivity contribution is -0.123. The second-order valence-electron chi connectivity index (χ2n) is 5.72. The lowest BCUT2D eigenvalue weighted by Gasteiger charge is -2.23. The number of rotatable bonds is 3. The van der Waals surface area contributed by atoms with Crippen molar-refractivity contribution in [2.75, 3.05) is 13.1 Å². The predicted octanol–water partition coefficient (Wildman–Crippen LogP) is 2.35. The van der Waals surface area contributed by atoms with Crippen molar-refractivity contribution in [3.63, 3.8) is 0 Å². The van der Waals surface area contributed by atoms with Gasteiger partial charge >= 0.3 is 0 Å². The molecule has 1 aliphatic carbocycles. The molecule has 102 valence electrons. The van der Waals surface area contributed by atoms with Gasteiger partial charge in [-0.1, -0.05) is 23.7 Å². The van der Waals surface area contributed by atoms with Gasteiger partial charge < -0.3 is 10.6 Å². The molecule has 0 aromatic heterocycles. The van der Waals surface area contributed by atoms with Crippen molar-refractivity contribution in [3.05, 3.63) is 34.9 Å². The van der Waals surface area contributed by atoms with E-state index in [1.165, 1.54) is 0 Å². The number of carbonyl (C=O) groups is 1. The molecule has 1 aromatic rings. The highest BCUT2D eigenvalue weighted by Crippen LogP contribution is 2.58. The molecule has 1 amide bonds. The van der Waals surface area contributed by atoms with Gasteiger partial charge in [-0.2, -0.15) is 0 Å². The first-order valence-corrected chi connectivity index (χ1v) is 7.30. The highest BCUT2D eigenvalue weighted by Gasteiger charge is 2.57. The Hall–Kier alpha value is -1.06. The maximum atomic E-state index is 12.2. The number of carbonyl (C=O) groups excluding carboxylic acids is 1. The summed E-state index contributed by atoms with van der Waals surface area (Å²) in [5.41, 5.74) is 1.37. The van der Waals surface area contributed by atoms with Crippen molar-refractivity contribution in [1.82, 2.24) is 10.6 Å². The number of amides is 1. The van der Waals surface area contributed by atoms with Crippen LogP contribution in [0.4, 0.5) is 0 Å². The molecule has 19 heavy (non-hydrogen) atoms. The summed E-state index contributed by atoms with van der Waals surface area (Å²) >= 11 is 5.93. The molecule has 3 rings (SSSR count). The molecule has 0 radical (unpaired) electrons. The highest BCUT2D eigenvalue weighted by atomic mass is 35.5. The molecule has 2 N–H and O–H groups in total. The monoisotopic (exact) mass is 278 g/mol. The molecular weight excluding hydrogens is 260 g/mol. The van der Waals surface area contributed by atoms with Gasteiger partial charge in [0.2, 0.25) is 5.91 Å². The summed E-state index contributed by atoms with van der Waals surface area (Å²) in [6.07, 6.45) is 3.35. The number of piperidine rings is 1. The van der Waals surface area contributed by atoms with Crippen molar-refractivity contribution in [2.45, 2.75) is 25.8 Å². The number of halogens is 1. The summed E-state index contributed by atoms with van der Waals surface area (Å²) in [5, 5.41) is 7.11. The Morgan fingerprint density at radius 1 is 1.42 bits per heavy atom. The first kappa shape index (κ1) is 12.9. The first-order valence-electron chi connectivity index (χ1n) is 6.92. The topological polar surface area (TPSA) is 41.1 Å². The van der Waals surface area contributed by atoms with E-state index in [2.05, 4.69) is 10.6 Å². The van der Waals surface area contributed by atoms with Crippen LogP contribution in [0.2, 0.25) is 5.02 Å². The summed E-state index contributed by atoms with van der Waals surface area (Å²) in [5.74, 6) is 0.440. The zero-order valence-electron chi connectivity index (χ0n) is 10.9. The van der Waals surface area contributed by atoms with Crippen LogP contribution in [0.5, 0.6) is 0 Å². The van der Waals surface area contributed by atoms with Crippen molar-refractivity contribution < 1.29 is 4.79 Å². The van der Waals surface area contributed by atoms with Gasteiger partial charge in [0.1, 0.15) is 0 Å². The quantitative estimate of drug-likeness (QED) is 0.891. The highest BCUT2D eigenvalue weighted by molar-refractivity contribution is 6.30. The minimum Gasteiger partial charge on any atom is -0.352 e. The fraction of sp³-hybridized carbons (Fsp3) is 0.533. The van der Waals surface area contributed by atoms with Gasteiger partial charge in [-0.05, 0) is 55.5 Å². The van der Waals surface area contributed by atoms with Gasteiger partial charge in [0.05, 0.1) is 0 Å². The molecule has 1 heterocycles. The molecule has 1 aromatic carbocycles. The third kappa shape index (κ3) is 2.77. The number of hydrogen-bond acceptors (Lipinski definition) is 2. The summed E-state index contributed by atoms with van der Waals surface area (Å²) in [6.45, 7) is 2.68. The summed E-state index contributed by atoms with van der Waals surface area (Å²) in [6, 6.07) is 7.64. The van der Waals surface area contributed by atoms with Crippen LogP contribution in [-0.2, 0) is 11.3 Å². The third-order valence-electron chi connectivity index (χ3n) is 4.46. The van der Waals surface area contributed by atoms with Crippen LogP contribution in [0.25, 0.3) is 0 Å². The first-order chi connectivity index (χ1) is 9.20. The maximum absolute atomic E-state index is 12.2. The van der Waals surface area contributed by atoms with E-state index in [0.29, 0.717) is 17.0 Å². The van der Waals surface area contributed by atoms with Crippen molar-refractivity contribution in [3.8, 4) is 0 Å². The SMILES string of the molecule is O=C(NCc1cccc(Cl)c1)C1CC12CCNCC2. The van der Waals surface area contributed by atoms with Crippen molar-refractivity contribution in [2.24, 2.45) is 11.3 Å². The Balaban J connectivity index is 1.53. The average molecular weight is 279 g/mol. The number of nitrogens with one attached hydrogen (secondary N) is 2. The minimum absolute atomic E-state index is 0.210. The maximum Gasteiger partial charge on any atom is 0.223 e. The van der Waals surface area contributed by atoms with E-state index in [-0.39, 0.29) is 11.8 Å². The Bertz CT molecular complexity index is 483. The molecular formula is C15H19ClN2O. The molecule has 0 bridgehead atoms. The zero-order valence-corrected chi connectivity index (χ0v) is 11.7. The van der Waals surface area contributed by atoms with E-state index in [9.17, 15) is 4.79 Å². The fourth-order valence-corrected chi connectivity index (χ4v) is 3.37. The summed E-state index contributed by atoms with van der Waals surface area (Å²) in [4.78, 5) is 12.2. The van der Waals surface area contributed by atoms with Gasteiger partial charge in [0.15, 0.2) is 0 Å². The van der Waals surface area contributed by atoms with E-state index in [4.69, 9.17) is 11.6 Å². The third-order valence-corrected chi connectivity index (χ3v) is 4.70. The van der Waals surface area contributed by atoms with Gasteiger partial charge in [0, 0.05) is 17.5 Å². The van der Waals surface area contributed by atoms with Crippen LogP contribution in [0.15, 0.2) is 24.3 Å². The van der Waals surface area contributed by atoms with Crippen LogP contribution < -0.4 is 10.6 Å². The lowest BCUT2D eigenvalue weighted by Crippen LogP contribution is -2.33. The molecule has 1 atom stereocenters. The van der Waals surface area contributed by atoms with Crippen molar-refractivity contribution in [1.29, 1.82) is 0 Å². The van der Waals surface area contributed by atoms with Crippen molar-refractivity contribution >= 4 is 17.5 Å². The Kier molecular flexibility index (Phi) is 3.50. The molecule has 1 spiro atoms. The Morgan fingerprint density at radius 2 is 2.21 bits per heavy atom. The van der Waals surface area contributed by atoms with Crippen LogP contribution in [0, 0.1) is 11.3 Å². The van der Waals surface area contributed by atoms with E-state index < -0.39 is 0 Å². The normalized spacial score (nSPS) is 24.2. The molecule has 4 heteroatoms. The second kappa shape index (κ2) is 5.14. The van der Waals surface area contributed by atoms with E-state index in [1.54, 1.807) is 0 Å². The fourth-order valence-electron chi connectivity index (χ4n) is 3.15. The molecule has 1 saturated carbocycles. The van der Waals surface area contributed by atoms with Gasteiger partial charge in [-0.15, -0.1) is 0 Å². The van der Waals surface area contributed by atoms with Gasteiger partial charge in [-0.25, -0.2) is 0 Å². The van der Waals surface area contributed by atoms with E-state index in [1.807, 2.05) is 24.3 Å². The van der Waals surface area contributed by atoms with E-state index >= 15 is 0 Å². The smallest absolute Gasteiger partial charge is 0.223 e. The minimum atomic E-state index is 0.210. The Morgan fingerprint density at radius 3 is 2.95 bits per heavy atom. The molecule has 1 unspecified atom stereocenters. The van der Waals surface area contributed by atoms with E-state index in [0.717, 1.165) is 37.9 Å². The van der Waals surface area contributed by atoms with Crippen LogP contribution in [-0.4, -0.2) is 19.0 Å². The number of hydrogen-bond donors (Lipinski definition) is 2. The standard InChI is InChI=1S/C15H19ClN2O/c16-12-3-1-2-11(8-12)10-18-14(19)13-9-15(13)4-6-17-7-5-15/h1-3,8,13,17H,4-7,9-10H2,(H,18,19).